The van der Waals surface area contributed by atoms with Crippen LogP contribution in [-0.2, 0) is 4.79 Å². The maximum Gasteiger partial charge on any atom is 0.276 e. The molecule has 0 spiro atoms. The first-order valence-electron chi connectivity index (χ1n) is 7.70. The van der Waals surface area contributed by atoms with Crippen molar-refractivity contribution < 1.29 is 18.7 Å². The molecule has 0 unspecified atom stereocenters. The fourth-order valence-corrected chi connectivity index (χ4v) is 2.95. The van der Waals surface area contributed by atoms with Crippen LogP contribution >= 0.6 is 15.9 Å². The van der Waals surface area contributed by atoms with Gasteiger partial charge in [-0.25, -0.2) is 4.39 Å². The highest BCUT2D eigenvalue weighted by atomic mass is 79.9. The summed E-state index contributed by atoms with van der Waals surface area (Å²) in [5.41, 5.74) is 4.18. The second kappa shape index (κ2) is 7.97. The van der Waals surface area contributed by atoms with Crippen molar-refractivity contribution in [1.82, 2.24) is 10.9 Å². The lowest BCUT2D eigenvalue weighted by molar-refractivity contribution is -0.123. The predicted octanol–water partition coefficient (Wildman–Crippen LogP) is 3.58. The van der Waals surface area contributed by atoms with E-state index in [1.54, 1.807) is 6.07 Å². The molecule has 0 aromatic heterocycles. The van der Waals surface area contributed by atoms with Gasteiger partial charge < -0.3 is 4.74 Å². The fourth-order valence-electron chi connectivity index (χ4n) is 2.34. The molecule has 0 bridgehead atoms. The molecule has 2 N–H and O–H groups in total. The van der Waals surface area contributed by atoms with Gasteiger partial charge in [0.25, 0.3) is 11.8 Å². The minimum atomic E-state index is -0.747. The van der Waals surface area contributed by atoms with Gasteiger partial charge in [0.1, 0.15) is 11.6 Å². The number of hydrogen-bond acceptors (Lipinski definition) is 3. The third-order valence-electron chi connectivity index (χ3n) is 3.62. The summed E-state index contributed by atoms with van der Waals surface area (Å²) in [4.78, 5) is 23.7. The highest BCUT2D eigenvalue weighted by Crippen LogP contribution is 2.32. The second-order valence-electron chi connectivity index (χ2n) is 5.37. The quantitative estimate of drug-likeness (QED) is 0.638. The molecule has 0 heterocycles. The molecule has 3 rings (SSSR count). The lowest BCUT2D eigenvalue weighted by Gasteiger charge is -2.11. The van der Waals surface area contributed by atoms with Gasteiger partial charge in [-0.1, -0.05) is 42.5 Å². The summed E-state index contributed by atoms with van der Waals surface area (Å²) >= 11 is 3.46. The maximum absolute atomic E-state index is 13.5. The van der Waals surface area contributed by atoms with Gasteiger partial charge in [-0.3, -0.25) is 20.4 Å². The molecule has 3 aromatic rings. The molecule has 5 nitrogen and oxygen atoms in total. The Balaban J connectivity index is 1.57. The number of benzene rings is 3. The van der Waals surface area contributed by atoms with Crippen LogP contribution < -0.4 is 15.6 Å². The van der Waals surface area contributed by atoms with E-state index in [-0.39, 0.29) is 12.2 Å². The van der Waals surface area contributed by atoms with Gasteiger partial charge in [-0.05, 0) is 44.9 Å². The first kappa shape index (κ1) is 17.9. The Morgan fingerprint density at radius 3 is 2.50 bits per heavy atom. The fraction of sp³-hybridized carbons (Fsp3) is 0.0526. The number of carbonyl (C=O) groups excluding carboxylic acids is 2. The summed E-state index contributed by atoms with van der Waals surface area (Å²) in [6.07, 6.45) is 0. The molecular weight excluding hydrogens is 403 g/mol. The van der Waals surface area contributed by atoms with Crippen molar-refractivity contribution in [2.75, 3.05) is 6.61 Å². The third kappa shape index (κ3) is 4.00. The van der Waals surface area contributed by atoms with E-state index in [0.29, 0.717) is 5.75 Å². The zero-order valence-electron chi connectivity index (χ0n) is 13.5. The first-order valence-corrected chi connectivity index (χ1v) is 8.49. The molecule has 132 valence electrons. The average molecular weight is 417 g/mol. The average Bonchev–Trinajstić information content (AvgIpc) is 2.66. The van der Waals surface area contributed by atoms with Crippen molar-refractivity contribution in [2.45, 2.75) is 0 Å². The van der Waals surface area contributed by atoms with Crippen molar-refractivity contribution in [1.29, 1.82) is 0 Å². The number of rotatable bonds is 4. The van der Waals surface area contributed by atoms with E-state index in [1.165, 1.54) is 18.2 Å². The molecule has 3 aromatic carbocycles. The van der Waals surface area contributed by atoms with Crippen LogP contribution in [0.4, 0.5) is 4.39 Å². The van der Waals surface area contributed by atoms with Crippen LogP contribution in [0.15, 0.2) is 65.1 Å². The van der Waals surface area contributed by atoms with E-state index in [0.717, 1.165) is 21.3 Å². The lowest BCUT2D eigenvalue weighted by atomic mass is 10.1. The Bertz CT molecular complexity index is 978. The van der Waals surface area contributed by atoms with Gasteiger partial charge in [0.15, 0.2) is 6.61 Å². The molecule has 26 heavy (non-hydrogen) atoms. The highest BCUT2D eigenvalue weighted by Gasteiger charge is 2.12. The number of halogens is 2. The van der Waals surface area contributed by atoms with Gasteiger partial charge in [-0.15, -0.1) is 0 Å². The van der Waals surface area contributed by atoms with Crippen LogP contribution in [0.25, 0.3) is 10.8 Å². The lowest BCUT2D eigenvalue weighted by Crippen LogP contribution is -2.44. The van der Waals surface area contributed by atoms with Crippen LogP contribution in [0.1, 0.15) is 10.4 Å². The van der Waals surface area contributed by atoms with Crippen LogP contribution in [0, 0.1) is 5.82 Å². The molecule has 7 heteroatoms. The Morgan fingerprint density at radius 2 is 1.69 bits per heavy atom. The summed E-state index contributed by atoms with van der Waals surface area (Å²) in [5, 5.41) is 1.99. The number of ether oxygens (including phenoxy) is 1. The number of nitrogens with one attached hydrogen (secondary N) is 2. The van der Waals surface area contributed by atoms with E-state index in [2.05, 4.69) is 26.8 Å². The number of hydrogen-bond donors (Lipinski definition) is 2. The standard InChI is InChI=1S/C19H14BrFN2O3/c20-18-13-6-2-1-5-12(13)9-10-16(18)26-11-17(24)22-23-19(25)14-7-3-4-8-15(14)21/h1-10H,11H2,(H,22,24)(H,23,25). The molecule has 0 fully saturated rings. The molecule has 0 aliphatic heterocycles. The number of hydrazine groups is 1. The number of carbonyl (C=O) groups is 2. The summed E-state index contributed by atoms with van der Waals surface area (Å²) in [5.74, 6) is -1.49. The third-order valence-corrected chi connectivity index (χ3v) is 4.44. The molecule has 0 aliphatic rings. The minimum absolute atomic E-state index is 0.161. The SMILES string of the molecule is O=C(COc1ccc2ccccc2c1Br)NNC(=O)c1ccccc1F. The maximum atomic E-state index is 13.5. The molecule has 2 amide bonds. The van der Waals surface area contributed by atoms with Crippen molar-refractivity contribution in [2.24, 2.45) is 0 Å². The summed E-state index contributed by atoms with van der Waals surface area (Å²) < 4.78 is 19.7. The first-order chi connectivity index (χ1) is 12.6. The highest BCUT2D eigenvalue weighted by molar-refractivity contribution is 9.10. The van der Waals surface area contributed by atoms with Crippen molar-refractivity contribution in [3.8, 4) is 5.75 Å². The van der Waals surface area contributed by atoms with Gasteiger partial charge in [0, 0.05) is 0 Å². The minimum Gasteiger partial charge on any atom is -0.483 e. The zero-order valence-corrected chi connectivity index (χ0v) is 15.0. The van der Waals surface area contributed by atoms with Crippen LogP contribution in [0.2, 0.25) is 0 Å². The van der Waals surface area contributed by atoms with E-state index in [1.807, 2.05) is 30.3 Å². The topological polar surface area (TPSA) is 67.4 Å². The molecule has 0 atom stereocenters. The Morgan fingerprint density at radius 1 is 0.962 bits per heavy atom. The molecule has 0 saturated heterocycles. The molecule has 0 aliphatic carbocycles. The Kier molecular flexibility index (Phi) is 5.48. The molecular formula is C19H14BrFN2O3. The molecule has 0 saturated carbocycles. The second-order valence-corrected chi connectivity index (χ2v) is 6.16. The number of fused-ring (bicyclic) bond motifs is 1. The van der Waals surface area contributed by atoms with Gasteiger partial charge in [0.2, 0.25) is 0 Å². The summed E-state index contributed by atoms with van der Waals surface area (Å²) in [6.45, 7) is -0.311. The Hall–Kier alpha value is -2.93. The van der Waals surface area contributed by atoms with E-state index in [4.69, 9.17) is 4.74 Å². The van der Waals surface area contributed by atoms with Crippen molar-refractivity contribution >= 4 is 38.5 Å². The van der Waals surface area contributed by atoms with Crippen molar-refractivity contribution in [3.05, 3.63) is 76.5 Å². The Labute approximate surface area is 157 Å². The van der Waals surface area contributed by atoms with Crippen LogP contribution in [0.3, 0.4) is 0 Å². The number of amides is 2. The van der Waals surface area contributed by atoms with E-state index >= 15 is 0 Å². The van der Waals surface area contributed by atoms with Gasteiger partial charge in [-0.2, -0.15) is 0 Å². The predicted molar refractivity (Wildman–Crippen MR) is 99.2 cm³/mol. The van der Waals surface area contributed by atoms with Crippen LogP contribution in [0.5, 0.6) is 5.75 Å². The van der Waals surface area contributed by atoms with Gasteiger partial charge >= 0.3 is 0 Å². The monoisotopic (exact) mass is 416 g/mol. The smallest absolute Gasteiger partial charge is 0.276 e. The van der Waals surface area contributed by atoms with Crippen molar-refractivity contribution in [3.63, 3.8) is 0 Å². The zero-order chi connectivity index (χ0) is 18.5. The van der Waals surface area contributed by atoms with E-state index in [9.17, 15) is 14.0 Å². The summed E-state index contributed by atoms with van der Waals surface area (Å²) in [7, 11) is 0. The van der Waals surface area contributed by atoms with Gasteiger partial charge in [0.05, 0.1) is 10.0 Å². The normalized spacial score (nSPS) is 10.4. The van der Waals surface area contributed by atoms with Crippen LogP contribution in [-0.4, -0.2) is 18.4 Å². The molecule has 0 radical (unpaired) electrons. The summed E-state index contributed by atoms with van der Waals surface area (Å²) in [6, 6.07) is 16.8. The van der Waals surface area contributed by atoms with E-state index < -0.39 is 17.6 Å². The largest absolute Gasteiger partial charge is 0.483 e.